The van der Waals surface area contributed by atoms with Crippen molar-refractivity contribution in [2.75, 3.05) is 0 Å². The number of hydrogen-bond acceptors (Lipinski definition) is 3. The van der Waals surface area contributed by atoms with E-state index in [0.29, 0.717) is 12.1 Å². The molecule has 2 amide bonds. The summed E-state index contributed by atoms with van der Waals surface area (Å²) in [5.74, 6) is -0.705. The summed E-state index contributed by atoms with van der Waals surface area (Å²) in [5.41, 5.74) is 1.55. The summed E-state index contributed by atoms with van der Waals surface area (Å²) < 4.78 is 13.7. The van der Waals surface area contributed by atoms with E-state index in [2.05, 4.69) is 5.32 Å². The van der Waals surface area contributed by atoms with Gasteiger partial charge in [-0.25, -0.2) is 4.39 Å². The summed E-state index contributed by atoms with van der Waals surface area (Å²) in [6.07, 6.45) is 5.49. The van der Waals surface area contributed by atoms with Gasteiger partial charge in [-0.2, -0.15) is 0 Å². The number of nitrogens with one attached hydrogen (secondary N) is 1. The van der Waals surface area contributed by atoms with Crippen molar-refractivity contribution in [1.29, 1.82) is 0 Å². The summed E-state index contributed by atoms with van der Waals surface area (Å²) in [6.45, 7) is 0.297. The zero-order valence-electron chi connectivity index (χ0n) is 18.6. The second kappa shape index (κ2) is 11.2. The van der Waals surface area contributed by atoms with Crippen molar-refractivity contribution in [2.45, 2.75) is 57.2 Å². The molecule has 0 radical (unpaired) electrons. The smallest absolute Gasteiger partial charge is 0.247 e. The summed E-state index contributed by atoms with van der Waals surface area (Å²) in [4.78, 5) is 29.8. The average Bonchev–Trinajstić information content (AvgIpc) is 3.34. The first kappa shape index (κ1) is 23.2. The van der Waals surface area contributed by atoms with Crippen LogP contribution in [-0.4, -0.2) is 22.8 Å². The van der Waals surface area contributed by atoms with Gasteiger partial charge in [0.15, 0.2) is 0 Å². The Bertz CT molecular complexity index is 1030. The van der Waals surface area contributed by atoms with E-state index < -0.39 is 6.04 Å². The Balaban J connectivity index is 1.67. The molecular weight excluding hydrogens is 435 g/mol. The molecule has 1 heterocycles. The van der Waals surface area contributed by atoms with Gasteiger partial charge in [0.25, 0.3) is 0 Å². The molecule has 1 saturated carbocycles. The summed E-state index contributed by atoms with van der Waals surface area (Å²) in [5, 5.41) is 5.13. The van der Waals surface area contributed by atoms with E-state index in [9.17, 15) is 14.0 Å². The highest BCUT2D eigenvalue weighted by Gasteiger charge is 2.33. The summed E-state index contributed by atoms with van der Waals surface area (Å²) in [7, 11) is 0. The van der Waals surface area contributed by atoms with Crippen molar-refractivity contribution in [3.63, 3.8) is 0 Å². The molecule has 1 fully saturated rings. The van der Waals surface area contributed by atoms with Crippen molar-refractivity contribution >= 4 is 23.2 Å². The van der Waals surface area contributed by atoms with Crippen molar-refractivity contribution in [3.8, 4) is 0 Å². The maximum atomic E-state index is 13.7. The van der Waals surface area contributed by atoms with Crippen LogP contribution in [0.25, 0.3) is 0 Å². The number of hydrogen-bond donors (Lipinski definition) is 1. The molecule has 1 aliphatic carbocycles. The molecule has 0 aliphatic heterocycles. The van der Waals surface area contributed by atoms with Crippen molar-refractivity contribution in [3.05, 3.63) is 93.9 Å². The van der Waals surface area contributed by atoms with Gasteiger partial charge in [-0.05, 0) is 47.5 Å². The third-order valence-corrected chi connectivity index (χ3v) is 7.00. The number of nitrogens with zero attached hydrogens (tertiary/aromatic N) is 1. The Hall–Kier alpha value is -2.99. The number of thiophene rings is 1. The molecular formula is C27H29FN2O2S. The Labute approximate surface area is 198 Å². The highest BCUT2D eigenvalue weighted by molar-refractivity contribution is 7.10. The molecule has 2 aromatic carbocycles. The van der Waals surface area contributed by atoms with E-state index in [-0.39, 0.29) is 30.1 Å². The number of carbonyl (C=O) groups is 2. The fraction of sp³-hybridized carbons (Fsp3) is 0.333. The molecule has 1 N–H and O–H groups in total. The molecule has 33 heavy (non-hydrogen) atoms. The summed E-state index contributed by atoms with van der Waals surface area (Å²) in [6, 6.07) is 18.7. The quantitative estimate of drug-likeness (QED) is 0.468. The number of carbonyl (C=O) groups excluding carboxylic acids is 2. The third-order valence-electron chi connectivity index (χ3n) is 6.12. The number of halogens is 1. The van der Waals surface area contributed by atoms with Crippen LogP contribution in [0.1, 0.15) is 54.1 Å². The van der Waals surface area contributed by atoms with Crippen LogP contribution in [0.15, 0.2) is 72.1 Å². The number of amides is 2. The normalized spacial score (nSPS) is 15.1. The van der Waals surface area contributed by atoms with Crippen molar-refractivity contribution in [2.24, 2.45) is 0 Å². The van der Waals surface area contributed by atoms with Crippen LogP contribution in [0.5, 0.6) is 0 Å². The lowest BCUT2D eigenvalue weighted by atomic mass is 9.94. The predicted molar refractivity (Wildman–Crippen MR) is 129 cm³/mol. The van der Waals surface area contributed by atoms with Crippen LogP contribution in [0, 0.1) is 5.82 Å². The minimum atomic E-state index is -0.833. The second-order valence-electron chi connectivity index (χ2n) is 8.56. The Kier molecular flexibility index (Phi) is 7.89. The highest BCUT2D eigenvalue weighted by atomic mass is 32.1. The van der Waals surface area contributed by atoms with E-state index in [1.807, 2.05) is 47.8 Å². The molecule has 6 heteroatoms. The predicted octanol–water partition coefficient (Wildman–Crippen LogP) is 5.65. The van der Waals surface area contributed by atoms with Crippen LogP contribution in [0.4, 0.5) is 4.39 Å². The molecule has 3 aromatic rings. The molecule has 1 aromatic heterocycles. The maximum Gasteiger partial charge on any atom is 0.247 e. The fourth-order valence-electron chi connectivity index (χ4n) is 4.41. The van der Waals surface area contributed by atoms with Gasteiger partial charge in [0.2, 0.25) is 11.8 Å². The molecule has 1 unspecified atom stereocenters. The third kappa shape index (κ3) is 6.29. The van der Waals surface area contributed by atoms with Gasteiger partial charge in [0, 0.05) is 17.5 Å². The van der Waals surface area contributed by atoms with Crippen LogP contribution >= 0.6 is 11.3 Å². The minimum absolute atomic E-state index is 0.111. The molecule has 0 bridgehead atoms. The lowest BCUT2D eigenvalue weighted by Gasteiger charge is -2.33. The zero-order valence-corrected chi connectivity index (χ0v) is 19.4. The number of benzene rings is 2. The van der Waals surface area contributed by atoms with E-state index in [4.69, 9.17) is 0 Å². The van der Waals surface area contributed by atoms with Crippen LogP contribution < -0.4 is 5.32 Å². The maximum absolute atomic E-state index is 13.7. The molecule has 0 spiro atoms. The zero-order chi connectivity index (χ0) is 23.0. The second-order valence-corrected chi connectivity index (χ2v) is 9.59. The Morgan fingerprint density at radius 1 is 0.970 bits per heavy atom. The molecule has 4 nitrogen and oxygen atoms in total. The minimum Gasteiger partial charge on any atom is -0.351 e. The SMILES string of the molecule is O=C(NC1CCCCC1)C(c1ccc(F)cc1)N(Cc1ccccc1)C(=O)Cc1cccs1. The van der Waals surface area contributed by atoms with E-state index in [1.165, 1.54) is 29.9 Å². The Morgan fingerprint density at radius 2 is 1.70 bits per heavy atom. The lowest BCUT2D eigenvalue weighted by Crippen LogP contribution is -2.47. The van der Waals surface area contributed by atoms with Crippen molar-refractivity contribution < 1.29 is 14.0 Å². The largest absolute Gasteiger partial charge is 0.351 e. The topological polar surface area (TPSA) is 49.4 Å². The standard InChI is InChI=1S/C27H29FN2O2S/c28-22-15-13-21(14-16-22)26(27(32)29-23-10-5-2-6-11-23)30(19-20-8-3-1-4-9-20)25(31)18-24-12-7-17-33-24/h1,3-4,7-9,12-17,23,26H,2,5-6,10-11,18-19H2,(H,29,32). The Morgan fingerprint density at radius 3 is 2.36 bits per heavy atom. The van der Waals surface area contributed by atoms with Gasteiger partial charge < -0.3 is 10.2 Å². The van der Waals surface area contributed by atoms with Gasteiger partial charge in [0.1, 0.15) is 11.9 Å². The monoisotopic (exact) mass is 464 g/mol. The molecule has 1 atom stereocenters. The van der Waals surface area contributed by atoms with Gasteiger partial charge in [-0.3, -0.25) is 9.59 Å². The lowest BCUT2D eigenvalue weighted by molar-refractivity contribution is -0.141. The van der Waals surface area contributed by atoms with Gasteiger partial charge >= 0.3 is 0 Å². The number of rotatable bonds is 8. The average molecular weight is 465 g/mol. The van der Waals surface area contributed by atoms with Gasteiger partial charge in [-0.1, -0.05) is 67.8 Å². The highest BCUT2D eigenvalue weighted by Crippen LogP contribution is 2.27. The van der Waals surface area contributed by atoms with Gasteiger partial charge in [-0.15, -0.1) is 11.3 Å². The molecule has 172 valence electrons. The van der Waals surface area contributed by atoms with E-state index >= 15 is 0 Å². The van der Waals surface area contributed by atoms with E-state index in [1.54, 1.807) is 17.0 Å². The van der Waals surface area contributed by atoms with Crippen molar-refractivity contribution in [1.82, 2.24) is 10.2 Å². The van der Waals surface area contributed by atoms with Crippen LogP contribution in [-0.2, 0) is 22.6 Å². The molecule has 1 aliphatic rings. The van der Waals surface area contributed by atoms with Crippen LogP contribution in [0.3, 0.4) is 0 Å². The first-order chi connectivity index (χ1) is 16.1. The molecule has 4 rings (SSSR count). The first-order valence-corrected chi connectivity index (χ1v) is 12.4. The molecule has 0 saturated heterocycles. The first-order valence-electron chi connectivity index (χ1n) is 11.5. The summed E-state index contributed by atoms with van der Waals surface area (Å²) >= 11 is 1.52. The van der Waals surface area contributed by atoms with Gasteiger partial charge in [0.05, 0.1) is 6.42 Å². The fourth-order valence-corrected chi connectivity index (χ4v) is 5.11. The van der Waals surface area contributed by atoms with E-state index in [0.717, 1.165) is 36.1 Å². The van der Waals surface area contributed by atoms with Crippen LogP contribution in [0.2, 0.25) is 0 Å².